The van der Waals surface area contributed by atoms with Crippen LogP contribution in [0.1, 0.15) is 95.6 Å². The van der Waals surface area contributed by atoms with Crippen LogP contribution in [0.2, 0.25) is 0 Å². The van der Waals surface area contributed by atoms with Crippen molar-refractivity contribution >= 4 is 57.8 Å². The van der Waals surface area contributed by atoms with Crippen molar-refractivity contribution in [3.8, 4) is 0 Å². The average molecular weight is 850 g/mol. The van der Waals surface area contributed by atoms with Gasteiger partial charge in [-0.2, -0.15) is 0 Å². The number of nitrogens with zero attached hydrogens (tertiary/aromatic N) is 2. The van der Waals surface area contributed by atoms with Crippen molar-refractivity contribution in [2.24, 2.45) is 11.7 Å². The summed E-state index contributed by atoms with van der Waals surface area (Å²) in [4.78, 5) is 93.5. The van der Waals surface area contributed by atoms with Crippen molar-refractivity contribution < 1.29 is 28.8 Å². The number of para-hydroxylation sites is 2. The van der Waals surface area contributed by atoms with Crippen molar-refractivity contribution in [1.29, 1.82) is 0 Å². The van der Waals surface area contributed by atoms with Gasteiger partial charge in [-0.3, -0.25) is 28.8 Å². The first-order chi connectivity index (χ1) is 30.0. The Balaban J connectivity index is 1.10. The normalized spacial score (nSPS) is 20.8. The van der Waals surface area contributed by atoms with Gasteiger partial charge in [-0.05, 0) is 87.6 Å². The Morgan fingerprint density at radius 3 is 2.11 bits per heavy atom. The number of nitrogens with one attached hydrogen (secondary N) is 6. The van der Waals surface area contributed by atoms with Gasteiger partial charge in [-0.1, -0.05) is 69.0 Å². The maximum atomic E-state index is 14.6. The highest BCUT2D eigenvalue weighted by Gasteiger charge is 2.46. The van der Waals surface area contributed by atoms with Crippen molar-refractivity contribution in [3.63, 3.8) is 0 Å². The fourth-order valence-electron chi connectivity index (χ4n) is 10.4. The number of carbonyl (C=O) groups is 6. The van der Waals surface area contributed by atoms with Gasteiger partial charge in [0, 0.05) is 65.7 Å². The quantitative estimate of drug-likeness (QED) is 0.0695. The smallest absolute Gasteiger partial charge is 0.246 e. The standard InChI is InChI=1S/C47H63N9O6/c1-3-22-55(28-42(58)56-30(2)23-31-12-4-9-17-41(31)56)45(61)38(18-21-48)52-43(59)40(25-33-27-50-37-16-8-6-14-35(33)37)53-46(62)47(19-10-11-20-47)54-44(60)39(51-29-57)24-32-26-49-36-15-7-5-13-34(32)36/h5-8,13-16,26-27,29-31,38-41,49-50H,3-4,9-12,17-25,28,48H2,1-2H3,(H,51,57)(H,52,59)(H,53,62)(H,54,60)/t30?,31-,38?,39?,40?,41-/m0/s1. The van der Waals surface area contributed by atoms with Crippen LogP contribution in [0.3, 0.4) is 0 Å². The van der Waals surface area contributed by atoms with E-state index in [1.165, 1.54) is 6.42 Å². The molecule has 15 nitrogen and oxygen atoms in total. The van der Waals surface area contributed by atoms with Crippen LogP contribution in [0.15, 0.2) is 60.9 Å². The van der Waals surface area contributed by atoms with Crippen molar-refractivity contribution in [2.45, 2.75) is 133 Å². The highest BCUT2D eigenvalue weighted by molar-refractivity contribution is 5.98. The molecule has 15 heteroatoms. The molecule has 3 heterocycles. The molecule has 0 radical (unpaired) electrons. The molecule has 3 aliphatic rings. The first-order valence-electron chi connectivity index (χ1n) is 22.6. The summed E-state index contributed by atoms with van der Waals surface area (Å²) >= 11 is 0. The molecule has 1 aliphatic heterocycles. The number of aromatic amines is 2. The van der Waals surface area contributed by atoms with Crippen LogP contribution in [-0.2, 0) is 41.6 Å². The van der Waals surface area contributed by atoms with Gasteiger partial charge in [0.25, 0.3) is 0 Å². The minimum Gasteiger partial charge on any atom is -0.361 e. The molecule has 0 spiro atoms. The number of likely N-dealkylation sites (tertiary alicyclic amines) is 1. The van der Waals surface area contributed by atoms with Gasteiger partial charge in [0.1, 0.15) is 23.7 Å². The van der Waals surface area contributed by atoms with Gasteiger partial charge in [-0.15, -0.1) is 0 Å². The second-order valence-corrected chi connectivity index (χ2v) is 17.7. The Labute approximate surface area is 363 Å². The molecular formula is C47H63N9O6. The summed E-state index contributed by atoms with van der Waals surface area (Å²) < 4.78 is 0. The summed E-state index contributed by atoms with van der Waals surface area (Å²) in [7, 11) is 0. The lowest BCUT2D eigenvalue weighted by molar-refractivity contribution is -0.144. The predicted molar refractivity (Wildman–Crippen MR) is 237 cm³/mol. The van der Waals surface area contributed by atoms with E-state index in [2.05, 4.69) is 38.2 Å². The number of hydrogen-bond donors (Lipinski definition) is 7. The van der Waals surface area contributed by atoms with E-state index >= 15 is 0 Å². The average Bonchev–Trinajstić information content (AvgIpc) is 4.08. The van der Waals surface area contributed by atoms with E-state index in [-0.39, 0.29) is 50.3 Å². The number of benzene rings is 2. The number of H-pyrrole nitrogens is 2. The van der Waals surface area contributed by atoms with Crippen molar-refractivity contribution in [3.05, 3.63) is 72.1 Å². The van der Waals surface area contributed by atoms with Gasteiger partial charge in [-0.25, -0.2) is 0 Å². The molecule has 2 saturated carbocycles. The first-order valence-corrected chi connectivity index (χ1v) is 22.6. The molecular weight excluding hydrogens is 787 g/mol. The minimum atomic E-state index is -1.35. The van der Waals surface area contributed by atoms with Gasteiger partial charge >= 0.3 is 0 Å². The van der Waals surface area contributed by atoms with Gasteiger partial charge in [0.2, 0.25) is 35.9 Å². The summed E-state index contributed by atoms with van der Waals surface area (Å²) in [5.74, 6) is -1.61. The Kier molecular flexibility index (Phi) is 14.3. The Morgan fingerprint density at radius 1 is 0.855 bits per heavy atom. The largest absolute Gasteiger partial charge is 0.361 e. The SMILES string of the molecule is CCCN(CC(=O)N1C(C)C[C@@H]2CCCC[C@@H]21)C(=O)C(CCN)NC(=O)C(Cc1c[nH]c2ccccc12)NC(=O)C1(NC(=O)C(Cc2c[nH]c3ccccc23)NC=O)CCCC1. The van der Waals surface area contributed by atoms with Gasteiger partial charge < -0.3 is 46.8 Å². The zero-order chi connectivity index (χ0) is 43.8. The number of rotatable bonds is 19. The molecule has 2 aromatic heterocycles. The molecule has 4 aromatic rings. The zero-order valence-corrected chi connectivity index (χ0v) is 36.0. The summed E-state index contributed by atoms with van der Waals surface area (Å²) in [6.45, 7) is 4.38. The van der Waals surface area contributed by atoms with E-state index < -0.39 is 47.3 Å². The third-order valence-corrected chi connectivity index (χ3v) is 13.5. The molecule has 2 aliphatic carbocycles. The van der Waals surface area contributed by atoms with E-state index in [4.69, 9.17) is 5.73 Å². The summed E-state index contributed by atoms with van der Waals surface area (Å²) in [5.41, 5.74) is 8.08. The van der Waals surface area contributed by atoms with Crippen LogP contribution >= 0.6 is 0 Å². The van der Waals surface area contributed by atoms with Crippen molar-refractivity contribution in [1.82, 2.24) is 41.0 Å². The highest BCUT2D eigenvalue weighted by Crippen LogP contribution is 2.39. The highest BCUT2D eigenvalue weighted by atomic mass is 16.2. The molecule has 4 unspecified atom stereocenters. The third kappa shape index (κ3) is 9.67. The lowest BCUT2D eigenvalue weighted by Crippen LogP contribution is -2.64. The van der Waals surface area contributed by atoms with E-state index in [0.29, 0.717) is 51.0 Å². The molecule has 7 rings (SSSR count). The summed E-state index contributed by atoms with van der Waals surface area (Å²) in [6, 6.07) is 12.4. The van der Waals surface area contributed by atoms with Crippen LogP contribution in [0.25, 0.3) is 21.8 Å². The first kappa shape index (κ1) is 44.4. The second kappa shape index (κ2) is 20.0. The van der Waals surface area contributed by atoms with Crippen LogP contribution in [0, 0.1) is 5.92 Å². The molecule has 6 amide bonds. The monoisotopic (exact) mass is 849 g/mol. The number of aromatic nitrogens is 2. The lowest BCUT2D eigenvalue weighted by Gasteiger charge is -2.36. The second-order valence-electron chi connectivity index (χ2n) is 17.7. The molecule has 8 N–H and O–H groups in total. The summed E-state index contributed by atoms with van der Waals surface area (Å²) in [6.07, 6.45) is 12.4. The molecule has 2 aromatic carbocycles. The minimum absolute atomic E-state index is 0.0769. The lowest BCUT2D eigenvalue weighted by atomic mass is 9.85. The Morgan fingerprint density at radius 2 is 1.48 bits per heavy atom. The van der Waals surface area contributed by atoms with E-state index in [9.17, 15) is 28.8 Å². The van der Waals surface area contributed by atoms with Crippen LogP contribution in [-0.4, -0.2) is 111 Å². The van der Waals surface area contributed by atoms with Gasteiger partial charge in [0.05, 0.1) is 6.54 Å². The fourth-order valence-corrected chi connectivity index (χ4v) is 10.4. The van der Waals surface area contributed by atoms with E-state index in [1.54, 1.807) is 11.1 Å². The van der Waals surface area contributed by atoms with Crippen molar-refractivity contribution in [2.75, 3.05) is 19.6 Å². The number of amides is 6. The number of fused-ring (bicyclic) bond motifs is 3. The predicted octanol–water partition coefficient (Wildman–Crippen LogP) is 3.71. The third-order valence-electron chi connectivity index (χ3n) is 13.5. The van der Waals surface area contributed by atoms with E-state index in [1.807, 2.05) is 66.6 Å². The molecule has 1 saturated heterocycles. The maximum Gasteiger partial charge on any atom is 0.246 e. The summed E-state index contributed by atoms with van der Waals surface area (Å²) in [5, 5.41) is 13.4. The van der Waals surface area contributed by atoms with Crippen LogP contribution in [0.5, 0.6) is 0 Å². The molecule has 6 atom stereocenters. The van der Waals surface area contributed by atoms with E-state index in [0.717, 1.165) is 58.6 Å². The number of hydrogen-bond acceptors (Lipinski definition) is 7. The fraction of sp³-hybridized carbons (Fsp3) is 0.532. The molecule has 62 heavy (non-hydrogen) atoms. The Hall–Kier alpha value is -5.70. The molecule has 3 fully saturated rings. The molecule has 0 bridgehead atoms. The number of nitrogens with two attached hydrogens (primary N) is 1. The topological polar surface area (TPSA) is 215 Å². The van der Waals surface area contributed by atoms with Crippen LogP contribution < -0.4 is 27.0 Å². The van der Waals surface area contributed by atoms with Gasteiger partial charge in [0.15, 0.2) is 0 Å². The maximum absolute atomic E-state index is 14.6. The van der Waals surface area contributed by atoms with Crippen LogP contribution in [0.4, 0.5) is 0 Å². The zero-order valence-electron chi connectivity index (χ0n) is 36.0. The molecule has 332 valence electrons. The Bertz CT molecular complexity index is 2230. The number of carbonyl (C=O) groups excluding carboxylic acids is 6.